The number of aliphatic hydroxyl groups is 1. The van der Waals surface area contributed by atoms with Gasteiger partial charge in [-0.15, -0.1) is 0 Å². The SMILES string of the molecule is CCc1cccc(OCC(=O)NC(CO)CC(C)C)c1. The maximum Gasteiger partial charge on any atom is 0.258 e. The molecule has 112 valence electrons. The van der Waals surface area contributed by atoms with Gasteiger partial charge in [0, 0.05) is 0 Å². The third kappa shape index (κ3) is 6.06. The second kappa shape index (κ2) is 8.59. The minimum atomic E-state index is -0.202. The summed E-state index contributed by atoms with van der Waals surface area (Å²) in [6.07, 6.45) is 1.69. The number of ether oxygens (including phenoxy) is 1. The van der Waals surface area contributed by atoms with Gasteiger partial charge in [-0.05, 0) is 36.5 Å². The smallest absolute Gasteiger partial charge is 0.258 e. The Morgan fingerprint density at radius 2 is 2.15 bits per heavy atom. The molecule has 1 rings (SSSR count). The van der Waals surface area contributed by atoms with Crippen molar-refractivity contribution in [1.82, 2.24) is 5.32 Å². The van der Waals surface area contributed by atoms with Crippen LogP contribution in [-0.2, 0) is 11.2 Å². The van der Waals surface area contributed by atoms with Gasteiger partial charge in [-0.3, -0.25) is 4.79 Å². The molecule has 1 aromatic carbocycles. The van der Waals surface area contributed by atoms with Gasteiger partial charge in [0.1, 0.15) is 5.75 Å². The molecule has 1 atom stereocenters. The van der Waals surface area contributed by atoms with E-state index in [1.54, 1.807) is 0 Å². The summed E-state index contributed by atoms with van der Waals surface area (Å²) in [6, 6.07) is 7.52. The summed E-state index contributed by atoms with van der Waals surface area (Å²) in [5.74, 6) is 0.921. The van der Waals surface area contributed by atoms with Crippen LogP contribution in [0.15, 0.2) is 24.3 Å². The van der Waals surface area contributed by atoms with E-state index in [9.17, 15) is 9.90 Å². The Hall–Kier alpha value is -1.55. The summed E-state index contributed by atoms with van der Waals surface area (Å²) in [6.45, 7) is 6.11. The topological polar surface area (TPSA) is 58.6 Å². The monoisotopic (exact) mass is 279 g/mol. The number of hydrogen-bond acceptors (Lipinski definition) is 3. The molecule has 0 saturated carbocycles. The second-order valence-electron chi connectivity index (χ2n) is 5.37. The molecular formula is C16H25NO3. The summed E-state index contributed by atoms with van der Waals surface area (Å²) in [4.78, 5) is 11.8. The van der Waals surface area contributed by atoms with Gasteiger partial charge >= 0.3 is 0 Å². The molecule has 0 bridgehead atoms. The van der Waals surface area contributed by atoms with Crippen LogP contribution in [0.25, 0.3) is 0 Å². The number of aryl methyl sites for hydroxylation is 1. The maximum atomic E-state index is 11.8. The lowest BCUT2D eigenvalue weighted by Crippen LogP contribution is -2.40. The number of rotatable bonds is 8. The quantitative estimate of drug-likeness (QED) is 0.766. The molecule has 0 radical (unpaired) electrons. The molecule has 0 fully saturated rings. The standard InChI is InChI=1S/C16H25NO3/c1-4-13-6-5-7-15(9-13)20-11-16(19)17-14(10-18)8-12(2)3/h5-7,9,12,14,18H,4,8,10-11H2,1-3H3,(H,17,19). The Labute approximate surface area is 121 Å². The van der Waals surface area contributed by atoms with Gasteiger partial charge in [0.2, 0.25) is 0 Å². The molecule has 1 aromatic rings. The lowest BCUT2D eigenvalue weighted by Gasteiger charge is -2.18. The van der Waals surface area contributed by atoms with Crippen LogP contribution >= 0.6 is 0 Å². The fraction of sp³-hybridized carbons (Fsp3) is 0.562. The van der Waals surface area contributed by atoms with E-state index < -0.39 is 0 Å². The van der Waals surface area contributed by atoms with Crippen LogP contribution < -0.4 is 10.1 Å². The van der Waals surface area contributed by atoms with E-state index in [0.29, 0.717) is 11.7 Å². The highest BCUT2D eigenvalue weighted by atomic mass is 16.5. The molecule has 2 N–H and O–H groups in total. The molecule has 4 nitrogen and oxygen atoms in total. The number of hydrogen-bond donors (Lipinski definition) is 2. The van der Waals surface area contributed by atoms with Crippen LogP contribution in [0, 0.1) is 5.92 Å². The third-order valence-corrected chi connectivity index (χ3v) is 3.02. The fourth-order valence-corrected chi connectivity index (χ4v) is 2.02. The van der Waals surface area contributed by atoms with Gasteiger partial charge in [0.15, 0.2) is 6.61 Å². The Morgan fingerprint density at radius 3 is 2.75 bits per heavy atom. The van der Waals surface area contributed by atoms with Crippen LogP contribution in [0.1, 0.15) is 32.8 Å². The van der Waals surface area contributed by atoms with E-state index in [1.807, 2.05) is 24.3 Å². The van der Waals surface area contributed by atoms with Crippen LogP contribution in [0.2, 0.25) is 0 Å². The molecule has 1 amide bonds. The molecule has 0 heterocycles. The highest BCUT2D eigenvalue weighted by Gasteiger charge is 2.13. The van der Waals surface area contributed by atoms with Crippen molar-refractivity contribution in [2.24, 2.45) is 5.92 Å². The van der Waals surface area contributed by atoms with Crippen molar-refractivity contribution in [2.75, 3.05) is 13.2 Å². The lowest BCUT2D eigenvalue weighted by atomic mass is 10.0. The molecule has 0 aliphatic carbocycles. The zero-order chi connectivity index (χ0) is 15.0. The average Bonchev–Trinajstić information content (AvgIpc) is 2.44. The molecule has 0 aliphatic rings. The molecule has 4 heteroatoms. The van der Waals surface area contributed by atoms with Crippen molar-refractivity contribution < 1.29 is 14.6 Å². The number of carbonyl (C=O) groups excluding carboxylic acids is 1. The summed E-state index contributed by atoms with van der Waals surface area (Å²) < 4.78 is 5.47. The van der Waals surface area contributed by atoms with Crippen molar-refractivity contribution in [1.29, 1.82) is 0 Å². The van der Waals surface area contributed by atoms with Crippen molar-refractivity contribution in [2.45, 2.75) is 39.7 Å². The molecule has 0 spiro atoms. The van der Waals surface area contributed by atoms with E-state index in [-0.39, 0.29) is 25.2 Å². The van der Waals surface area contributed by atoms with Gasteiger partial charge in [-0.25, -0.2) is 0 Å². The van der Waals surface area contributed by atoms with Gasteiger partial charge in [-0.1, -0.05) is 32.9 Å². The van der Waals surface area contributed by atoms with Crippen LogP contribution in [0.4, 0.5) is 0 Å². The predicted octanol–water partition coefficient (Wildman–Crippen LogP) is 2.15. The molecular weight excluding hydrogens is 254 g/mol. The van der Waals surface area contributed by atoms with Gasteiger partial charge in [0.05, 0.1) is 12.6 Å². The minimum Gasteiger partial charge on any atom is -0.484 e. The first-order chi connectivity index (χ1) is 9.55. The van der Waals surface area contributed by atoms with E-state index in [1.165, 1.54) is 5.56 Å². The van der Waals surface area contributed by atoms with Gasteiger partial charge in [-0.2, -0.15) is 0 Å². The van der Waals surface area contributed by atoms with Crippen LogP contribution in [-0.4, -0.2) is 30.3 Å². The zero-order valence-electron chi connectivity index (χ0n) is 12.6. The van der Waals surface area contributed by atoms with Gasteiger partial charge < -0.3 is 15.2 Å². The third-order valence-electron chi connectivity index (χ3n) is 3.02. The molecule has 0 saturated heterocycles. The molecule has 0 aromatic heterocycles. The van der Waals surface area contributed by atoms with Crippen molar-refractivity contribution >= 4 is 5.91 Å². The number of benzene rings is 1. The number of nitrogens with one attached hydrogen (secondary N) is 1. The first-order valence-electron chi connectivity index (χ1n) is 7.17. The summed E-state index contributed by atoms with van der Waals surface area (Å²) in [5, 5.41) is 12.0. The van der Waals surface area contributed by atoms with Crippen molar-refractivity contribution in [3.63, 3.8) is 0 Å². The van der Waals surface area contributed by atoms with Crippen molar-refractivity contribution in [3.05, 3.63) is 29.8 Å². The molecule has 20 heavy (non-hydrogen) atoms. The van der Waals surface area contributed by atoms with E-state index in [4.69, 9.17) is 4.74 Å². The average molecular weight is 279 g/mol. The summed E-state index contributed by atoms with van der Waals surface area (Å²) >= 11 is 0. The van der Waals surface area contributed by atoms with E-state index in [2.05, 4.69) is 26.1 Å². The summed E-state index contributed by atoms with van der Waals surface area (Å²) in [5.41, 5.74) is 1.18. The Balaban J connectivity index is 2.42. The van der Waals surface area contributed by atoms with E-state index in [0.717, 1.165) is 12.8 Å². The van der Waals surface area contributed by atoms with Crippen LogP contribution in [0.3, 0.4) is 0 Å². The number of aliphatic hydroxyl groups excluding tert-OH is 1. The Kier molecular flexibility index (Phi) is 7.09. The largest absolute Gasteiger partial charge is 0.484 e. The van der Waals surface area contributed by atoms with Gasteiger partial charge in [0.25, 0.3) is 5.91 Å². The zero-order valence-corrected chi connectivity index (χ0v) is 12.6. The first kappa shape index (κ1) is 16.5. The lowest BCUT2D eigenvalue weighted by molar-refractivity contribution is -0.124. The highest BCUT2D eigenvalue weighted by molar-refractivity contribution is 5.77. The normalized spacial score (nSPS) is 12.2. The highest BCUT2D eigenvalue weighted by Crippen LogP contribution is 2.13. The fourth-order valence-electron chi connectivity index (χ4n) is 2.02. The van der Waals surface area contributed by atoms with E-state index >= 15 is 0 Å². The maximum absolute atomic E-state index is 11.8. The number of carbonyl (C=O) groups is 1. The molecule has 1 unspecified atom stereocenters. The number of amides is 1. The predicted molar refractivity (Wildman–Crippen MR) is 79.8 cm³/mol. The minimum absolute atomic E-state index is 0.0260. The molecule has 0 aliphatic heterocycles. The summed E-state index contributed by atoms with van der Waals surface area (Å²) in [7, 11) is 0. The Morgan fingerprint density at radius 1 is 1.40 bits per heavy atom. The Bertz CT molecular complexity index is 418. The second-order valence-corrected chi connectivity index (χ2v) is 5.37. The van der Waals surface area contributed by atoms with Crippen LogP contribution in [0.5, 0.6) is 5.75 Å². The first-order valence-corrected chi connectivity index (χ1v) is 7.17. The van der Waals surface area contributed by atoms with Crippen molar-refractivity contribution in [3.8, 4) is 5.75 Å².